The Kier molecular flexibility index (Phi) is 2.68. The largest absolute Gasteiger partial charge is 0.293 e. The SMILES string of the molecule is Cc1ccc(Cn2cnc3ccncc3c2=O)s1. The third-order valence-electron chi connectivity index (χ3n) is 2.75. The van der Waals surface area contributed by atoms with E-state index in [2.05, 4.69) is 23.0 Å². The van der Waals surface area contributed by atoms with Crippen LogP contribution in [0.3, 0.4) is 0 Å². The molecule has 0 aromatic carbocycles. The van der Waals surface area contributed by atoms with Crippen LogP contribution in [0.5, 0.6) is 0 Å². The molecule has 0 unspecified atom stereocenters. The highest BCUT2D eigenvalue weighted by atomic mass is 32.1. The first kappa shape index (κ1) is 11.1. The zero-order valence-corrected chi connectivity index (χ0v) is 10.6. The standard InChI is InChI=1S/C13H11N3OS/c1-9-2-3-10(18-9)7-16-8-15-12-4-5-14-6-11(12)13(16)17/h2-6,8H,7H2,1H3. The molecule has 0 saturated carbocycles. The van der Waals surface area contributed by atoms with Gasteiger partial charge in [0.05, 0.1) is 23.8 Å². The van der Waals surface area contributed by atoms with Gasteiger partial charge in [0.2, 0.25) is 0 Å². The predicted octanol–water partition coefficient (Wildman–Crippen LogP) is 2.21. The predicted molar refractivity (Wildman–Crippen MR) is 72.0 cm³/mol. The normalized spacial score (nSPS) is 10.9. The second-order valence-corrected chi connectivity index (χ2v) is 5.46. The Morgan fingerprint density at radius 1 is 1.33 bits per heavy atom. The van der Waals surface area contributed by atoms with E-state index in [1.807, 2.05) is 6.07 Å². The molecule has 0 bridgehead atoms. The Labute approximate surface area is 108 Å². The lowest BCUT2D eigenvalue weighted by Crippen LogP contribution is -2.20. The molecular weight excluding hydrogens is 246 g/mol. The second kappa shape index (κ2) is 4.34. The van der Waals surface area contributed by atoms with E-state index in [0.29, 0.717) is 17.4 Å². The van der Waals surface area contributed by atoms with Crippen LogP contribution in [0.15, 0.2) is 41.7 Å². The molecule has 3 rings (SSSR count). The Bertz CT molecular complexity index is 760. The number of thiophene rings is 1. The topological polar surface area (TPSA) is 47.8 Å². The molecule has 3 aromatic rings. The van der Waals surface area contributed by atoms with Crippen molar-refractivity contribution in [3.05, 3.63) is 57.0 Å². The van der Waals surface area contributed by atoms with Crippen molar-refractivity contribution in [3.8, 4) is 0 Å². The van der Waals surface area contributed by atoms with Crippen molar-refractivity contribution in [1.29, 1.82) is 0 Å². The van der Waals surface area contributed by atoms with Crippen LogP contribution in [-0.4, -0.2) is 14.5 Å². The Morgan fingerprint density at radius 3 is 3.00 bits per heavy atom. The van der Waals surface area contributed by atoms with E-state index in [0.717, 1.165) is 4.88 Å². The molecule has 0 radical (unpaired) electrons. The van der Waals surface area contributed by atoms with E-state index < -0.39 is 0 Å². The van der Waals surface area contributed by atoms with Crippen molar-refractivity contribution >= 4 is 22.2 Å². The van der Waals surface area contributed by atoms with Crippen molar-refractivity contribution in [1.82, 2.24) is 14.5 Å². The van der Waals surface area contributed by atoms with Gasteiger partial charge < -0.3 is 0 Å². The summed E-state index contributed by atoms with van der Waals surface area (Å²) in [5, 5.41) is 0.563. The molecule has 3 aromatic heterocycles. The average Bonchev–Trinajstić information content (AvgIpc) is 2.79. The average molecular weight is 257 g/mol. The van der Waals surface area contributed by atoms with E-state index in [4.69, 9.17) is 0 Å². The molecule has 5 heteroatoms. The van der Waals surface area contributed by atoms with Gasteiger partial charge in [-0.3, -0.25) is 14.3 Å². The molecule has 90 valence electrons. The van der Waals surface area contributed by atoms with Gasteiger partial charge in [0.25, 0.3) is 5.56 Å². The minimum Gasteiger partial charge on any atom is -0.293 e. The number of rotatable bonds is 2. The van der Waals surface area contributed by atoms with Gasteiger partial charge in [-0.05, 0) is 25.1 Å². The van der Waals surface area contributed by atoms with Crippen LogP contribution < -0.4 is 5.56 Å². The first-order chi connectivity index (χ1) is 8.74. The van der Waals surface area contributed by atoms with Gasteiger partial charge in [-0.25, -0.2) is 4.98 Å². The number of aromatic nitrogens is 3. The Balaban J connectivity index is 2.08. The first-order valence-electron chi connectivity index (χ1n) is 5.58. The van der Waals surface area contributed by atoms with Crippen molar-refractivity contribution < 1.29 is 0 Å². The quantitative estimate of drug-likeness (QED) is 0.707. The van der Waals surface area contributed by atoms with Gasteiger partial charge in [-0.15, -0.1) is 11.3 Å². The third kappa shape index (κ3) is 1.93. The van der Waals surface area contributed by atoms with Gasteiger partial charge >= 0.3 is 0 Å². The molecule has 0 fully saturated rings. The lowest BCUT2D eigenvalue weighted by Gasteiger charge is -2.04. The van der Waals surface area contributed by atoms with Crippen LogP contribution in [0.4, 0.5) is 0 Å². The van der Waals surface area contributed by atoms with Gasteiger partial charge in [0.15, 0.2) is 0 Å². The number of nitrogens with zero attached hydrogens (tertiary/aromatic N) is 3. The van der Waals surface area contributed by atoms with Gasteiger partial charge in [0.1, 0.15) is 0 Å². The zero-order valence-electron chi connectivity index (χ0n) is 9.83. The molecule has 0 N–H and O–H groups in total. The minimum atomic E-state index is -0.0425. The fourth-order valence-corrected chi connectivity index (χ4v) is 2.74. The highest BCUT2D eigenvalue weighted by Gasteiger charge is 2.05. The molecular formula is C13H11N3OS. The van der Waals surface area contributed by atoms with Gasteiger partial charge in [-0.2, -0.15) is 0 Å². The molecule has 0 aliphatic rings. The Hall–Kier alpha value is -2.01. The summed E-state index contributed by atoms with van der Waals surface area (Å²) < 4.78 is 1.62. The van der Waals surface area contributed by atoms with E-state index in [-0.39, 0.29) is 5.56 Å². The number of hydrogen-bond donors (Lipinski definition) is 0. The highest BCUT2D eigenvalue weighted by Crippen LogP contribution is 2.15. The molecule has 4 nitrogen and oxygen atoms in total. The monoisotopic (exact) mass is 257 g/mol. The van der Waals surface area contributed by atoms with Crippen LogP contribution >= 0.6 is 11.3 Å². The summed E-state index contributed by atoms with van der Waals surface area (Å²) in [4.78, 5) is 22.9. The molecule has 0 saturated heterocycles. The summed E-state index contributed by atoms with van der Waals surface area (Å²) >= 11 is 1.69. The summed E-state index contributed by atoms with van der Waals surface area (Å²) in [7, 11) is 0. The highest BCUT2D eigenvalue weighted by molar-refractivity contribution is 7.11. The van der Waals surface area contributed by atoms with Crippen LogP contribution in [0.2, 0.25) is 0 Å². The second-order valence-electron chi connectivity index (χ2n) is 4.08. The molecule has 0 atom stereocenters. The van der Waals surface area contributed by atoms with E-state index in [9.17, 15) is 4.79 Å². The lowest BCUT2D eigenvalue weighted by molar-refractivity contribution is 0.758. The number of fused-ring (bicyclic) bond motifs is 1. The molecule has 0 spiro atoms. The van der Waals surface area contributed by atoms with Crippen molar-refractivity contribution in [2.75, 3.05) is 0 Å². The van der Waals surface area contributed by atoms with Gasteiger partial charge in [0, 0.05) is 22.1 Å². The molecule has 18 heavy (non-hydrogen) atoms. The summed E-state index contributed by atoms with van der Waals surface area (Å²) in [6.45, 7) is 2.62. The third-order valence-corrected chi connectivity index (χ3v) is 3.73. The molecule has 0 aliphatic carbocycles. The van der Waals surface area contributed by atoms with E-state index >= 15 is 0 Å². The summed E-state index contributed by atoms with van der Waals surface area (Å²) in [5.74, 6) is 0. The lowest BCUT2D eigenvalue weighted by atomic mass is 10.3. The Morgan fingerprint density at radius 2 is 2.22 bits per heavy atom. The van der Waals surface area contributed by atoms with Crippen molar-refractivity contribution in [2.24, 2.45) is 0 Å². The maximum absolute atomic E-state index is 12.2. The maximum Gasteiger partial charge on any atom is 0.263 e. The van der Waals surface area contributed by atoms with Crippen LogP contribution in [0, 0.1) is 6.92 Å². The van der Waals surface area contributed by atoms with Gasteiger partial charge in [-0.1, -0.05) is 0 Å². The zero-order chi connectivity index (χ0) is 12.5. The van der Waals surface area contributed by atoms with Crippen LogP contribution in [-0.2, 0) is 6.54 Å². The fraction of sp³-hybridized carbons (Fsp3) is 0.154. The summed E-state index contributed by atoms with van der Waals surface area (Å²) in [6, 6.07) is 5.84. The van der Waals surface area contributed by atoms with E-state index in [1.165, 1.54) is 4.88 Å². The molecule has 0 amide bonds. The van der Waals surface area contributed by atoms with Crippen LogP contribution in [0.25, 0.3) is 10.9 Å². The van der Waals surface area contributed by atoms with Crippen molar-refractivity contribution in [3.63, 3.8) is 0 Å². The van der Waals surface area contributed by atoms with Crippen molar-refractivity contribution in [2.45, 2.75) is 13.5 Å². The first-order valence-corrected chi connectivity index (χ1v) is 6.40. The maximum atomic E-state index is 12.2. The minimum absolute atomic E-state index is 0.0425. The number of hydrogen-bond acceptors (Lipinski definition) is 4. The van der Waals surface area contributed by atoms with Crippen LogP contribution in [0.1, 0.15) is 9.75 Å². The summed E-state index contributed by atoms with van der Waals surface area (Å²) in [6.07, 6.45) is 4.81. The molecule has 0 aliphatic heterocycles. The molecule has 3 heterocycles. The fourth-order valence-electron chi connectivity index (χ4n) is 1.85. The summed E-state index contributed by atoms with van der Waals surface area (Å²) in [5.41, 5.74) is 0.646. The van der Waals surface area contributed by atoms with E-state index in [1.54, 1.807) is 40.7 Å². The number of pyridine rings is 1. The smallest absolute Gasteiger partial charge is 0.263 e. The number of aryl methyl sites for hydroxylation is 1.